The minimum atomic E-state index is -0.127. The number of rotatable bonds is 4. The van der Waals surface area contributed by atoms with Crippen molar-refractivity contribution >= 4 is 29.8 Å². The quantitative estimate of drug-likeness (QED) is 0.799. The zero-order valence-electron chi connectivity index (χ0n) is 17.5. The van der Waals surface area contributed by atoms with Gasteiger partial charge in [0.2, 0.25) is 0 Å². The van der Waals surface area contributed by atoms with Crippen LogP contribution < -0.4 is 10.2 Å². The fraction of sp³-hybridized carbons (Fsp3) is 0.500. The molecule has 0 saturated carbocycles. The zero-order chi connectivity index (χ0) is 20.2. The van der Waals surface area contributed by atoms with Crippen LogP contribution in [0.4, 0.5) is 11.5 Å². The molecule has 30 heavy (non-hydrogen) atoms. The Morgan fingerprint density at radius 1 is 1.27 bits per heavy atom. The number of carbonyl (C=O) groups excluding carboxylic acids is 1. The Morgan fingerprint density at radius 3 is 2.87 bits per heavy atom. The monoisotopic (exact) mass is 432 g/mol. The molecule has 2 aromatic heterocycles. The van der Waals surface area contributed by atoms with E-state index in [-0.39, 0.29) is 24.4 Å². The second-order valence-corrected chi connectivity index (χ2v) is 7.56. The lowest BCUT2D eigenvalue weighted by atomic mass is 10.0. The van der Waals surface area contributed by atoms with Gasteiger partial charge in [-0.2, -0.15) is 0 Å². The van der Waals surface area contributed by atoms with E-state index in [0.29, 0.717) is 37.5 Å². The van der Waals surface area contributed by atoms with Gasteiger partial charge in [0.25, 0.3) is 5.91 Å². The molecule has 0 bridgehead atoms. The van der Waals surface area contributed by atoms with Crippen LogP contribution in [0.2, 0.25) is 0 Å². The number of morpholine rings is 1. The first-order valence-electron chi connectivity index (χ1n) is 10.3. The molecule has 0 unspecified atom stereocenters. The van der Waals surface area contributed by atoms with Gasteiger partial charge in [-0.25, -0.2) is 4.98 Å². The van der Waals surface area contributed by atoms with Crippen LogP contribution in [-0.4, -0.2) is 54.9 Å². The number of pyridine rings is 2. The van der Waals surface area contributed by atoms with Crippen molar-refractivity contribution < 1.29 is 14.3 Å². The maximum atomic E-state index is 13.2. The molecule has 4 heterocycles. The number of ether oxygens (including phenoxy) is 2. The van der Waals surface area contributed by atoms with E-state index in [4.69, 9.17) is 14.5 Å². The van der Waals surface area contributed by atoms with Crippen LogP contribution in [0.15, 0.2) is 24.4 Å². The molecule has 2 aliphatic rings. The lowest BCUT2D eigenvalue weighted by molar-refractivity contribution is 0.0381. The fourth-order valence-electron chi connectivity index (χ4n) is 3.82. The fourth-order valence-corrected chi connectivity index (χ4v) is 3.82. The summed E-state index contributed by atoms with van der Waals surface area (Å²) in [7, 11) is 0. The Balaban J connectivity index is 0.00000256. The van der Waals surface area contributed by atoms with Crippen molar-refractivity contribution in [1.29, 1.82) is 0 Å². The van der Waals surface area contributed by atoms with Gasteiger partial charge in [0, 0.05) is 36.5 Å². The number of aromatic nitrogens is 2. The molecule has 1 N–H and O–H groups in total. The molecule has 1 fully saturated rings. The number of aryl methyl sites for hydroxylation is 1. The number of anilines is 2. The highest BCUT2D eigenvalue weighted by molar-refractivity contribution is 6.05. The molecule has 1 saturated heterocycles. The summed E-state index contributed by atoms with van der Waals surface area (Å²) in [5.74, 6) is 0.720. The summed E-state index contributed by atoms with van der Waals surface area (Å²) >= 11 is 0. The molecule has 2 aromatic rings. The van der Waals surface area contributed by atoms with E-state index in [2.05, 4.69) is 22.1 Å². The average molecular weight is 433 g/mol. The van der Waals surface area contributed by atoms with Crippen LogP contribution in [0.25, 0.3) is 0 Å². The van der Waals surface area contributed by atoms with Gasteiger partial charge >= 0.3 is 0 Å². The van der Waals surface area contributed by atoms with Gasteiger partial charge in [0.05, 0.1) is 37.8 Å². The molecular formula is C22H29ClN4O3. The number of hydrogen-bond donors (Lipinski definition) is 1. The Morgan fingerprint density at radius 2 is 2.10 bits per heavy atom. The number of carbonyl (C=O) groups is 1. The number of fused-ring (bicyclic) bond motifs is 1. The zero-order valence-corrected chi connectivity index (χ0v) is 18.3. The number of halogens is 1. The van der Waals surface area contributed by atoms with Crippen molar-refractivity contribution in [2.24, 2.45) is 0 Å². The van der Waals surface area contributed by atoms with Gasteiger partial charge in [-0.3, -0.25) is 9.78 Å². The van der Waals surface area contributed by atoms with Crippen LogP contribution >= 0.6 is 12.4 Å². The van der Waals surface area contributed by atoms with Gasteiger partial charge in [0.15, 0.2) is 0 Å². The molecule has 7 nitrogen and oxygen atoms in total. The molecule has 1 atom stereocenters. The van der Waals surface area contributed by atoms with E-state index >= 15 is 0 Å². The second-order valence-electron chi connectivity index (χ2n) is 7.56. The molecule has 8 heteroatoms. The van der Waals surface area contributed by atoms with Gasteiger partial charge < -0.3 is 19.7 Å². The van der Waals surface area contributed by atoms with Crippen molar-refractivity contribution in [3.8, 4) is 0 Å². The van der Waals surface area contributed by atoms with E-state index in [1.165, 1.54) is 0 Å². The van der Waals surface area contributed by atoms with Gasteiger partial charge in [-0.05, 0) is 43.5 Å². The van der Waals surface area contributed by atoms with Crippen LogP contribution in [0.1, 0.15) is 40.7 Å². The summed E-state index contributed by atoms with van der Waals surface area (Å²) in [4.78, 5) is 24.6. The molecule has 2 aliphatic heterocycles. The topological polar surface area (TPSA) is 76.6 Å². The number of nitrogens with zero attached hydrogens (tertiary/aromatic N) is 3. The number of nitrogens with one attached hydrogen (secondary N) is 1. The standard InChI is InChI=1S/C22H28N4O3.ClH/c1-3-17-14-26(8-11-29-17)21-12-19(18-6-9-28-10-7-20(18)25-21)22(27)24-16-5-4-15(2)23-13-16;/h4-5,12-13,17H,3,6-11,14H2,1-2H3,(H,24,27);1H/t17-;/m1./s1. The summed E-state index contributed by atoms with van der Waals surface area (Å²) in [5, 5.41) is 2.99. The van der Waals surface area contributed by atoms with Crippen LogP contribution in [-0.2, 0) is 22.3 Å². The molecule has 0 aromatic carbocycles. The van der Waals surface area contributed by atoms with E-state index in [9.17, 15) is 4.79 Å². The SMILES string of the molecule is CC[C@@H]1CN(c2cc(C(=O)Nc3ccc(C)nc3)c3c(n2)CCOCC3)CCO1.Cl. The van der Waals surface area contributed by atoms with Crippen molar-refractivity contribution in [3.63, 3.8) is 0 Å². The molecule has 162 valence electrons. The van der Waals surface area contributed by atoms with Gasteiger partial charge in [-0.15, -0.1) is 12.4 Å². The smallest absolute Gasteiger partial charge is 0.256 e. The third-order valence-electron chi connectivity index (χ3n) is 5.51. The van der Waals surface area contributed by atoms with Crippen molar-refractivity contribution in [1.82, 2.24) is 9.97 Å². The minimum absolute atomic E-state index is 0. The number of hydrogen-bond acceptors (Lipinski definition) is 6. The van der Waals surface area contributed by atoms with E-state index in [0.717, 1.165) is 48.7 Å². The normalized spacial score (nSPS) is 18.7. The average Bonchev–Trinajstić information content (AvgIpc) is 3.00. The Labute approximate surface area is 183 Å². The number of amides is 1. The summed E-state index contributed by atoms with van der Waals surface area (Å²) in [5.41, 5.74) is 4.24. The third-order valence-corrected chi connectivity index (χ3v) is 5.51. The summed E-state index contributed by atoms with van der Waals surface area (Å²) < 4.78 is 11.4. The largest absolute Gasteiger partial charge is 0.381 e. The van der Waals surface area contributed by atoms with Gasteiger partial charge in [0.1, 0.15) is 5.82 Å². The van der Waals surface area contributed by atoms with E-state index < -0.39 is 0 Å². The maximum absolute atomic E-state index is 13.2. The summed E-state index contributed by atoms with van der Waals surface area (Å²) in [6.07, 6.45) is 4.26. The Bertz CT molecular complexity index is 875. The Kier molecular flexibility index (Phi) is 7.64. The highest BCUT2D eigenvalue weighted by Crippen LogP contribution is 2.26. The van der Waals surface area contributed by atoms with Crippen molar-refractivity contribution in [2.45, 2.75) is 39.2 Å². The first kappa shape index (κ1) is 22.5. The van der Waals surface area contributed by atoms with Crippen LogP contribution in [0.5, 0.6) is 0 Å². The van der Waals surface area contributed by atoms with E-state index in [1.807, 2.05) is 25.1 Å². The lowest BCUT2D eigenvalue weighted by Gasteiger charge is -2.34. The second kappa shape index (κ2) is 10.2. The maximum Gasteiger partial charge on any atom is 0.256 e. The first-order valence-corrected chi connectivity index (χ1v) is 10.3. The molecule has 0 spiro atoms. The van der Waals surface area contributed by atoms with Crippen molar-refractivity contribution in [2.75, 3.05) is 43.1 Å². The summed E-state index contributed by atoms with van der Waals surface area (Å²) in [6.45, 7) is 7.54. The predicted molar refractivity (Wildman–Crippen MR) is 119 cm³/mol. The third kappa shape index (κ3) is 5.09. The van der Waals surface area contributed by atoms with Crippen LogP contribution in [0.3, 0.4) is 0 Å². The summed E-state index contributed by atoms with van der Waals surface area (Å²) in [6, 6.07) is 5.69. The van der Waals surface area contributed by atoms with Crippen LogP contribution in [0, 0.1) is 6.92 Å². The predicted octanol–water partition coefficient (Wildman–Crippen LogP) is 3.19. The highest BCUT2D eigenvalue weighted by Gasteiger charge is 2.25. The molecule has 4 rings (SSSR count). The van der Waals surface area contributed by atoms with Gasteiger partial charge in [-0.1, -0.05) is 6.92 Å². The van der Waals surface area contributed by atoms with E-state index in [1.54, 1.807) is 6.20 Å². The molecular weight excluding hydrogens is 404 g/mol. The minimum Gasteiger partial charge on any atom is -0.381 e. The Hall–Kier alpha value is -2.22. The molecule has 1 amide bonds. The highest BCUT2D eigenvalue weighted by atomic mass is 35.5. The lowest BCUT2D eigenvalue weighted by Crippen LogP contribution is -2.42. The first-order chi connectivity index (χ1) is 14.1. The molecule has 0 aliphatic carbocycles. The van der Waals surface area contributed by atoms with Crippen molar-refractivity contribution in [3.05, 3.63) is 46.9 Å². The molecule has 0 radical (unpaired) electrons.